The maximum absolute atomic E-state index is 12.0. The average molecular weight is 388 g/mol. The summed E-state index contributed by atoms with van der Waals surface area (Å²) in [6.45, 7) is 4.59. The van der Waals surface area contributed by atoms with Crippen molar-refractivity contribution in [1.29, 1.82) is 0 Å². The van der Waals surface area contributed by atoms with E-state index in [2.05, 4.69) is 42.6 Å². The van der Waals surface area contributed by atoms with Gasteiger partial charge in [-0.1, -0.05) is 42.0 Å². The van der Waals surface area contributed by atoms with Gasteiger partial charge in [0.2, 0.25) is 0 Å². The molecule has 0 unspecified atom stereocenters. The van der Waals surface area contributed by atoms with E-state index < -0.39 is 0 Å². The molecule has 0 aliphatic heterocycles. The van der Waals surface area contributed by atoms with Gasteiger partial charge in [0.15, 0.2) is 11.5 Å². The van der Waals surface area contributed by atoms with Crippen LogP contribution in [0.15, 0.2) is 71.8 Å². The monoisotopic (exact) mass is 388 g/mol. The van der Waals surface area contributed by atoms with Crippen molar-refractivity contribution in [3.8, 4) is 11.5 Å². The van der Waals surface area contributed by atoms with Crippen LogP contribution >= 0.6 is 0 Å². The maximum Gasteiger partial charge on any atom is 0.271 e. The minimum Gasteiger partial charge on any atom is -0.493 e. The molecule has 0 fully saturated rings. The van der Waals surface area contributed by atoms with Crippen LogP contribution in [-0.2, 0) is 6.61 Å². The summed E-state index contributed by atoms with van der Waals surface area (Å²) < 4.78 is 11.4. The molecule has 0 spiro atoms. The summed E-state index contributed by atoms with van der Waals surface area (Å²) in [4.78, 5) is 12.0. The molecule has 0 saturated heterocycles. The summed E-state index contributed by atoms with van der Waals surface area (Å²) in [6.07, 6.45) is 1.57. The molecule has 0 aliphatic carbocycles. The van der Waals surface area contributed by atoms with Crippen molar-refractivity contribution in [3.05, 3.63) is 94.5 Å². The van der Waals surface area contributed by atoms with Crippen LogP contribution in [0.1, 0.15) is 32.6 Å². The van der Waals surface area contributed by atoms with E-state index in [1.54, 1.807) is 37.6 Å². The zero-order chi connectivity index (χ0) is 20.6. The second kappa shape index (κ2) is 9.55. The predicted octanol–water partition coefficient (Wildman–Crippen LogP) is 4.65. The normalized spacial score (nSPS) is 10.7. The fraction of sp³-hybridized carbons (Fsp3) is 0.167. The molecule has 1 amide bonds. The van der Waals surface area contributed by atoms with Gasteiger partial charge in [-0.15, -0.1) is 0 Å². The number of ether oxygens (including phenoxy) is 2. The number of hydrogen-bond acceptors (Lipinski definition) is 4. The van der Waals surface area contributed by atoms with Crippen LogP contribution in [0.2, 0.25) is 0 Å². The first-order valence-electron chi connectivity index (χ1n) is 9.32. The smallest absolute Gasteiger partial charge is 0.271 e. The number of aryl methyl sites for hydroxylation is 2. The predicted molar refractivity (Wildman–Crippen MR) is 115 cm³/mol. The van der Waals surface area contributed by atoms with E-state index in [1.807, 2.05) is 24.3 Å². The standard InChI is InChI=1S/C24H24N2O3/c1-17-9-10-18(2)21(13-17)16-29-22-12-11-19(14-23(22)28-3)15-25-26-24(27)20-7-5-4-6-8-20/h4-15H,16H2,1-3H3,(H,26,27)/b25-15+. The van der Waals surface area contributed by atoms with E-state index in [0.717, 1.165) is 11.1 Å². The average Bonchev–Trinajstić information content (AvgIpc) is 2.75. The molecule has 1 N–H and O–H groups in total. The third-order valence-electron chi connectivity index (χ3n) is 4.49. The number of hydrazone groups is 1. The SMILES string of the molecule is COc1cc(/C=N/NC(=O)c2ccccc2)ccc1OCc1cc(C)ccc1C. The zero-order valence-corrected chi connectivity index (χ0v) is 16.8. The molecule has 0 atom stereocenters. The minimum absolute atomic E-state index is 0.262. The highest BCUT2D eigenvalue weighted by Crippen LogP contribution is 2.28. The molecular weight excluding hydrogens is 364 g/mol. The van der Waals surface area contributed by atoms with Crippen LogP contribution in [0.4, 0.5) is 0 Å². The lowest BCUT2D eigenvalue weighted by Gasteiger charge is -2.13. The highest BCUT2D eigenvalue weighted by atomic mass is 16.5. The number of nitrogens with one attached hydrogen (secondary N) is 1. The summed E-state index contributed by atoms with van der Waals surface area (Å²) in [7, 11) is 1.60. The number of benzene rings is 3. The second-order valence-electron chi connectivity index (χ2n) is 6.69. The number of amides is 1. The minimum atomic E-state index is -0.262. The van der Waals surface area contributed by atoms with Crippen LogP contribution < -0.4 is 14.9 Å². The molecule has 29 heavy (non-hydrogen) atoms. The molecule has 0 aliphatic rings. The van der Waals surface area contributed by atoms with Crippen molar-refractivity contribution in [2.24, 2.45) is 5.10 Å². The number of carbonyl (C=O) groups excluding carboxylic acids is 1. The molecule has 0 aromatic heterocycles. The Hall–Kier alpha value is -3.60. The van der Waals surface area contributed by atoms with E-state index in [-0.39, 0.29) is 5.91 Å². The molecule has 5 nitrogen and oxygen atoms in total. The number of hydrogen-bond donors (Lipinski definition) is 1. The topological polar surface area (TPSA) is 59.9 Å². The summed E-state index contributed by atoms with van der Waals surface area (Å²) in [6, 6.07) is 20.8. The van der Waals surface area contributed by atoms with E-state index in [9.17, 15) is 4.79 Å². The van der Waals surface area contributed by atoms with E-state index in [4.69, 9.17) is 9.47 Å². The Morgan fingerprint density at radius 2 is 1.79 bits per heavy atom. The van der Waals surface area contributed by atoms with Gasteiger partial charge in [-0.2, -0.15) is 5.10 Å². The third kappa shape index (κ3) is 5.45. The van der Waals surface area contributed by atoms with Crippen molar-refractivity contribution in [1.82, 2.24) is 5.43 Å². The van der Waals surface area contributed by atoms with Crippen LogP contribution in [0.25, 0.3) is 0 Å². The lowest BCUT2D eigenvalue weighted by atomic mass is 10.1. The van der Waals surface area contributed by atoms with Gasteiger partial charge in [0.1, 0.15) is 6.61 Å². The van der Waals surface area contributed by atoms with Crippen molar-refractivity contribution in [2.45, 2.75) is 20.5 Å². The van der Waals surface area contributed by atoms with Crippen molar-refractivity contribution >= 4 is 12.1 Å². The summed E-state index contributed by atoms with van der Waals surface area (Å²) >= 11 is 0. The van der Waals surface area contributed by atoms with Gasteiger partial charge in [0.05, 0.1) is 13.3 Å². The largest absolute Gasteiger partial charge is 0.493 e. The van der Waals surface area contributed by atoms with Crippen molar-refractivity contribution < 1.29 is 14.3 Å². The molecule has 0 radical (unpaired) electrons. The molecule has 3 rings (SSSR count). The molecule has 3 aromatic carbocycles. The van der Waals surface area contributed by atoms with Gasteiger partial charge in [-0.05, 0) is 60.9 Å². The first-order valence-corrected chi connectivity index (χ1v) is 9.32. The highest BCUT2D eigenvalue weighted by Gasteiger charge is 2.07. The van der Waals surface area contributed by atoms with E-state index in [0.29, 0.717) is 23.7 Å². The Labute approximate surface area is 171 Å². The molecule has 5 heteroatoms. The zero-order valence-electron chi connectivity index (χ0n) is 16.8. The summed E-state index contributed by atoms with van der Waals surface area (Å²) in [5.74, 6) is 0.995. The first kappa shape index (κ1) is 20.1. The number of carbonyl (C=O) groups is 1. The Morgan fingerprint density at radius 1 is 1.00 bits per heavy atom. The lowest BCUT2D eigenvalue weighted by Crippen LogP contribution is -2.17. The quantitative estimate of drug-likeness (QED) is 0.473. The Bertz CT molecular complexity index is 1010. The Morgan fingerprint density at radius 3 is 2.55 bits per heavy atom. The van der Waals surface area contributed by atoms with Gasteiger partial charge in [-0.3, -0.25) is 4.79 Å². The number of nitrogens with zero attached hydrogens (tertiary/aromatic N) is 1. The maximum atomic E-state index is 12.0. The van der Waals surface area contributed by atoms with Gasteiger partial charge < -0.3 is 9.47 Å². The van der Waals surface area contributed by atoms with Crippen LogP contribution in [0.3, 0.4) is 0 Å². The van der Waals surface area contributed by atoms with Gasteiger partial charge >= 0.3 is 0 Å². The first-order chi connectivity index (χ1) is 14.1. The van der Waals surface area contributed by atoms with Crippen LogP contribution in [0.5, 0.6) is 11.5 Å². The number of rotatable bonds is 7. The Balaban J connectivity index is 1.65. The highest BCUT2D eigenvalue weighted by molar-refractivity contribution is 5.94. The van der Waals surface area contributed by atoms with E-state index >= 15 is 0 Å². The van der Waals surface area contributed by atoms with Crippen molar-refractivity contribution in [2.75, 3.05) is 7.11 Å². The third-order valence-corrected chi connectivity index (χ3v) is 4.49. The molecular formula is C24H24N2O3. The Kier molecular flexibility index (Phi) is 6.63. The molecule has 148 valence electrons. The fourth-order valence-electron chi connectivity index (χ4n) is 2.81. The lowest BCUT2D eigenvalue weighted by molar-refractivity contribution is 0.0955. The fourth-order valence-corrected chi connectivity index (χ4v) is 2.81. The molecule has 3 aromatic rings. The van der Waals surface area contributed by atoms with Gasteiger partial charge in [-0.25, -0.2) is 5.43 Å². The van der Waals surface area contributed by atoms with E-state index in [1.165, 1.54) is 11.1 Å². The summed E-state index contributed by atoms with van der Waals surface area (Å²) in [5, 5.41) is 4.02. The second-order valence-corrected chi connectivity index (χ2v) is 6.69. The van der Waals surface area contributed by atoms with Crippen LogP contribution in [0, 0.1) is 13.8 Å². The van der Waals surface area contributed by atoms with Crippen molar-refractivity contribution in [3.63, 3.8) is 0 Å². The molecule has 0 bridgehead atoms. The molecule has 0 saturated carbocycles. The van der Waals surface area contributed by atoms with Gasteiger partial charge in [0, 0.05) is 5.56 Å². The molecule has 0 heterocycles. The summed E-state index contributed by atoms with van der Waals surface area (Å²) in [5.41, 5.74) is 7.38. The van der Waals surface area contributed by atoms with Crippen LogP contribution in [-0.4, -0.2) is 19.2 Å². The number of methoxy groups -OCH3 is 1. The van der Waals surface area contributed by atoms with Gasteiger partial charge in [0.25, 0.3) is 5.91 Å².